The van der Waals surface area contributed by atoms with E-state index in [2.05, 4.69) is 58.6 Å². The number of hydrogen-bond acceptors (Lipinski definition) is 3. The van der Waals surface area contributed by atoms with E-state index < -0.39 is 5.54 Å². The Bertz CT molecular complexity index is 915. The third kappa shape index (κ3) is 2.46. The van der Waals surface area contributed by atoms with Crippen molar-refractivity contribution in [1.29, 1.82) is 0 Å². The lowest BCUT2D eigenvalue weighted by atomic mass is 9.86. The maximum atomic E-state index is 11.6. The molecule has 0 saturated heterocycles. The molecule has 0 amide bonds. The monoisotopic (exact) mass is 395 g/mol. The number of rotatable bonds is 2. The number of benzene rings is 1. The number of aryl methyl sites for hydroxylation is 1. The first kappa shape index (κ1) is 15.5. The highest BCUT2D eigenvalue weighted by atomic mass is 79.9. The maximum Gasteiger partial charge on any atom is 0.178 e. The molecule has 1 aromatic heterocycles. The molecule has 24 heavy (non-hydrogen) atoms. The van der Waals surface area contributed by atoms with Crippen LogP contribution in [-0.4, -0.2) is 17.0 Å². The zero-order valence-corrected chi connectivity index (χ0v) is 15.4. The molecule has 118 valence electrons. The van der Waals surface area contributed by atoms with E-state index in [1.165, 1.54) is 5.56 Å². The van der Waals surface area contributed by atoms with Crippen LogP contribution < -0.4 is 0 Å². The maximum absolute atomic E-state index is 11.6. The van der Waals surface area contributed by atoms with E-state index in [9.17, 15) is 4.79 Å². The molecule has 1 aliphatic carbocycles. The Balaban J connectivity index is 1.92. The Morgan fingerprint density at radius 1 is 1.08 bits per heavy atom. The molecule has 2 nitrogen and oxygen atoms in total. The first-order valence-corrected chi connectivity index (χ1v) is 9.30. The summed E-state index contributed by atoms with van der Waals surface area (Å²) in [4.78, 5) is 17.8. The predicted molar refractivity (Wildman–Crippen MR) is 104 cm³/mol. The summed E-state index contributed by atoms with van der Waals surface area (Å²) in [7, 11) is 0. The van der Waals surface area contributed by atoms with E-state index in [4.69, 9.17) is 4.99 Å². The molecule has 0 bridgehead atoms. The van der Waals surface area contributed by atoms with E-state index in [1.54, 1.807) is 23.5 Å². The molecule has 4 heteroatoms. The third-order valence-electron chi connectivity index (χ3n) is 4.22. The molecule has 0 fully saturated rings. The Labute approximate surface area is 153 Å². The lowest BCUT2D eigenvalue weighted by Gasteiger charge is -2.24. The molecule has 4 rings (SSSR count). The predicted octanol–water partition coefficient (Wildman–Crippen LogP) is 5.10. The van der Waals surface area contributed by atoms with Gasteiger partial charge >= 0.3 is 0 Å². The van der Waals surface area contributed by atoms with Crippen LogP contribution in [0.25, 0.3) is 5.57 Å². The number of allylic oxidation sites excluding steroid dienone is 3. The molecule has 2 aliphatic rings. The zero-order chi connectivity index (χ0) is 16.7. The number of carbonyl (C=O) groups is 1. The lowest BCUT2D eigenvalue weighted by Crippen LogP contribution is -2.23. The van der Waals surface area contributed by atoms with Gasteiger partial charge in [-0.25, -0.2) is 0 Å². The first-order valence-electron chi connectivity index (χ1n) is 7.63. The molecule has 0 saturated carbocycles. The molecular weight excluding hydrogens is 382 g/mol. The zero-order valence-electron chi connectivity index (χ0n) is 13.0. The Morgan fingerprint density at radius 3 is 2.42 bits per heavy atom. The highest BCUT2D eigenvalue weighted by Gasteiger charge is 2.40. The van der Waals surface area contributed by atoms with Gasteiger partial charge in [-0.1, -0.05) is 35.9 Å². The fraction of sp³-hybridized carbons (Fsp3) is 0.100. The molecular formula is C20H14BrNOS. The van der Waals surface area contributed by atoms with E-state index >= 15 is 0 Å². The van der Waals surface area contributed by atoms with Crippen LogP contribution >= 0.6 is 27.3 Å². The number of nitrogens with zero attached hydrogens (tertiary/aromatic N) is 1. The van der Waals surface area contributed by atoms with Gasteiger partial charge in [0.25, 0.3) is 0 Å². The Kier molecular flexibility index (Phi) is 3.74. The number of thiophene rings is 1. The van der Waals surface area contributed by atoms with Crippen LogP contribution in [-0.2, 0) is 4.79 Å². The fourth-order valence-electron chi connectivity index (χ4n) is 2.98. The number of carbonyl (C=O) groups excluding carboxylic acids is 1. The van der Waals surface area contributed by atoms with Gasteiger partial charge in [-0.3, -0.25) is 9.79 Å². The van der Waals surface area contributed by atoms with Gasteiger partial charge in [0.2, 0.25) is 0 Å². The van der Waals surface area contributed by atoms with Crippen LogP contribution in [0.4, 0.5) is 0 Å². The highest BCUT2D eigenvalue weighted by Crippen LogP contribution is 2.47. The summed E-state index contributed by atoms with van der Waals surface area (Å²) in [5.41, 5.74) is 3.68. The summed E-state index contributed by atoms with van der Waals surface area (Å²) < 4.78 is 0.984. The van der Waals surface area contributed by atoms with Gasteiger partial charge in [0, 0.05) is 16.0 Å². The molecule has 1 aromatic carbocycles. The van der Waals surface area contributed by atoms with Crippen molar-refractivity contribution in [2.45, 2.75) is 12.5 Å². The molecule has 2 heterocycles. The van der Waals surface area contributed by atoms with Gasteiger partial charge < -0.3 is 0 Å². The summed E-state index contributed by atoms with van der Waals surface area (Å²) in [5.74, 6) is 0.00117. The summed E-state index contributed by atoms with van der Waals surface area (Å²) in [6.45, 7) is 2.07. The Hall–Kier alpha value is -2.04. The van der Waals surface area contributed by atoms with E-state index in [0.717, 1.165) is 26.2 Å². The van der Waals surface area contributed by atoms with Crippen LogP contribution in [0.15, 0.2) is 75.6 Å². The molecule has 0 atom stereocenters. The van der Waals surface area contributed by atoms with Crippen LogP contribution in [0, 0.1) is 6.92 Å². The van der Waals surface area contributed by atoms with Crippen LogP contribution in [0.2, 0.25) is 0 Å². The van der Waals surface area contributed by atoms with Gasteiger partial charge in [-0.15, -0.1) is 11.3 Å². The summed E-state index contributed by atoms with van der Waals surface area (Å²) in [6.07, 6.45) is 7.00. The minimum Gasteiger partial charge on any atom is -0.290 e. The van der Waals surface area contributed by atoms with Crippen LogP contribution in [0.5, 0.6) is 0 Å². The van der Waals surface area contributed by atoms with Gasteiger partial charge in [0.1, 0.15) is 5.54 Å². The van der Waals surface area contributed by atoms with Crippen LogP contribution in [0.3, 0.4) is 0 Å². The molecule has 0 radical (unpaired) electrons. The number of ketones is 1. The summed E-state index contributed by atoms with van der Waals surface area (Å²) >= 11 is 5.45. The van der Waals surface area contributed by atoms with Crippen molar-refractivity contribution in [3.63, 3.8) is 0 Å². The van der Waals surface area contributed by atoms with E-state index in [0.29, 0.717) is 0 Å². The molecule has 1 aliphatic heterocycles. The van der Waals surface area contributed by atoms with Crippen molar-refractivity contribution in [2.24, 2.45) is 4.99 Å². The number of halogens is 1. The van der Waals surface area contributed by atoms with Gasteiger partial charge in [0.15, 0.2) is 5.78 Å². The topological polar surface area (TPSA) is 29.4 Å². The summed E-state index contributed by atoms with van der Waals surface area (Å²) in [6, 6.07) is 12.5. The molecule has 2 aromatic rings. The van der Waals surface area contributed by atoms with Crippen molar-refractivity contribution in [1.82, 2.24) is 0 Å². The van der Waals surface area contributed by atoms with Gasteiger partial charge in [0.05, 0.1) is 10.2 Å². The second kappa shape index (κ2) is 5.80. The Morgan fingerprint density at radius 2 is 1.79 bits per heavy atom. The average molecular weight is 396 g/mol. The standard InChI is InChI=1S/C20H14BrNOS/c1-13-4-6-14(7-5-13)19-18(21)17(16-3-2-12-24-16)20(22-19)10-8-15(23)9-11-20/h2-12H,1H3. The first-order chi connectivity index (χ1) is 11.6. The minimum atomic E-state index is -0.613. The minimum absolute atomic E-state index is 0.00117. The molecule has 1 spiro atoms. The quantitative estimate of drug-likeness (QED) is 0.695. The molecule has 0 unspecified atom stereocenters. The lowest BCUT2D eigenvalue weighted by molar-refractivity contribution is -0.110. The van der Waals surface area contributed by atoms with E-state index in [-0.39, 0.29) is 5.78 Å². The van der Waals surface area contributed by atoms with Crippen LogP contribution in [0.1, 0.15) is 16.0 Å². The smallest absolute Gasteiger partial charge is 0.178 e. The average Bonchev–Trinajstić information content (AvgIpc) is 3.18. The normalized spacial score (nSPS) is 18.6. The SMILES string of the molecule is Cc1ccc(C2=NC3(C=CC(=O)C=C3)C(c3cccs3)=C2Br)cc1. The van der Waals surface area contributed by atoms with E-state index in [1.807, 2.05) is 18.2 Å². The van der Waals surface area contributed by atoms with Crippen molar-refractivity contribution >= 4 is 44.3 Å². The van der Waals surface area contributed by atoms with Gasteiger partial charge in [-0.05, 0) is 58.6 Å². The third-order valence-corrected chi connectivity index (χ3v) is 5.88. The molecule has 0 N–H and O–H groups in total. The van der Waals surface area contributed by atoms with Crippen molar-refractivity contribution in [2.75, 3.05) is 0 Å². The summed E-state index contributed by atoms with van der Waals surface area (Å²) in [5, 5.41) is 2.06. The van der Waals surface area contributed by atoms with Crippen molar-refractivity contribution in [3.8, 4) is 0 Å². The van der Waals surface area contributed by atoms with Crippen molar-refractivity contribution in [3.05, 3.63) is 86.6 Å². The second-order valence-electron chi connectivity index (χ2n) is 5.89. The number of aliphatic imine (C=N–C) groups is 1. The van der Waals surface area contributed by atoms with Crippen molar-refractivity contribution < 1.29 is 4.79 Å². The highest BCUT2D eigenvalue weighted by molar-refractivity contribution is 9.12. The largest absolute Gasteiger partial charge is 0.290 e. The second-order valence-corrected chi connectivity index (χ2v) is 7.63. The number of hydrogen-bond donors (Lipinski definition) is 0. The fourth-order valence-corrected chi connectivity index (χ4v) is 4.81. The van der Waals surface area contributed by atoms with Gasteiger partial charge in [-0.2, -0.15) is 0 Å².